The summed E-state index contributed by atoms with van der Waals surface area (Å²) in [5, 5.41) is 0. The van der Waals surface area contributed by atoms with Crippen molar-refractivity contribution in [2.45, 2.75) is 19.4 Å². The van der Waals surface area contributed by atoms with E-state index in [1.807, 2.05) is 29.2 Å². The monoisotopic (exact) mass is 284 g/mol. The van der Waals surface area contributed by atoms with Crippen molar-refractivity contribution < 1.29 is 9.53 Å². The van der Waals surface area contributed by atoms with Crippen molar-refractivity contribution in [3.63, 3.8) is 0 Å². The van der Waals surface area contributed by atoms with Gasteiger partial charge in [-0.05, 0) is 50.1 Å². The summed E-state index contributed by atoms with van der Waals surface area (Å²) in [6.45, 7) is 3.50. The lowest BCUT2D eigenvalue weighted by Crippen LogP contribution is -2.34. The van der Waals surface area contributed by atoms with E-state index in [0.29, 0.717) is 18.0 Å². The van der Waals surface area contributed by atoms with Crippen molar-refractivity contribution in [1.82, 2.24) is 4.90 Å². The molecule has 0 aromatic heterocycles. The Balaban J connectivity index is 0.00000180. The fraction of sp³-hybridized carbons (Fsp3) is 0.500. The van der Waals surface area contributed by atoms with Crippen molar-refractivity contribution >= 4 is 18.3 Å². The fourth-order valence-electron chi connectivity index (χ4n) is 2.50. The lowest BCUT2D eigenvalue weighted by molar-refractivity contribution is 0.0743. The smallest absolute Gasteiger partial charge is 0.254 e. The topological polar surface area (TPSA) is 55.6 Å². The third-order valence-electron chi connectivity index (χ3n) is 3.59. The van der Waals surface area contributed by atoms with E-state index in [2.05, 4.69) is 6.92 Å². The maximum Gasteiger partial charge on any atom is 0.254 e. The maximum absolute atomic E-state index is 12.4. The summed E-state index contributed by atoms with van der Waals surface area (Å²) in [4.78, 5) is 14.3. The molecule has 1 saturated heterocycles. The van der Waals surface area contributed by atoms with Gasteiger partial charge in [0.15, 0.2) is 0 Å². The van der Waals surface area contributed by atoms with Gasteiger partial charge >= 0.3 is 0 Å². The third-order valence-corrected chi connectivity index (χ3v) is 3.59. The zero-order valence-electron chi connectivity index (χ0n) is 11.3. The number of hydrogen-bond donors (Lipinski definition) is 1. The molecule has 106 valence electrons. The number of carbonyl (C=O) groups is 1. The summed E-state index contributed by atoms with van der Waals surface area (Å²) in [5.74, 6) is 1.28. The van der Waals surface area contributed by atoms with Crippen molar-refractivity contribution in [3.8, 4) is 5.75 Å². The Hall–Kier alpha value is -1.26. The molecule has 1 aromatic rings. The highest BCUT2D eigenvalue weighted by molar-refractivity contribution is 5.94. The van der Waals surface area contributed by atoms with Crippen molar-refractivity contribution in [2.24, 2.45) is 11.7 Å². The second-order valence-corrected chi connectivity index (χ2v) is 4.87. The number of benzene rings is 1. The maximum atomic E-state index is 12.4. The molecule has 0 radical (unpaired) electrons. The van der Waals surface area contributed by atoms with Crippen LogP contribution < -0.4 is 10.5 Å². The largest absolute Gasteiger partial charge is 0.497 e. The van der Waals surface area contributed by atoms with Crippen molar-refractivity contribution in [1.29, 1.82) is 0 Å². The predicted octanol–water partition coefficient (Wildman–Crippen LogP) is 1.93. The highest BCUT2D eigenvalue weighted by Gasteiger charge is 2.31. The Morgan fingerprint density at radius 1 is 1.42 bits per heavy atom. The molecule has 1 amide bonds. The SMILES string of the molecule is COc1ccc(C(=O)N2CC(CN)CC2C)cc1.Cl. The molecular formula is C14H21ClN2O2. The number of nitrogens with zero attached hydrogens (tertiary/aromatic N) is 1. The quantitative estimate of drug-likeness (QED) is 0.923. The van der Waals surface area contributed by atoms with Crippen molar-refractivity contribution in [2.75, 3.05) is 20.2 Å². The minimum absolute atomic E-state index is 0. The first kappa shape index (κ1) is 15.8. The normalized spacial score (nSPS) is 21.9. The molecular weight excluding hydrogens is 264 g/mol. The summed E-state index contributed by atoms with van der Waals surface area (Å²) in [6, 6.07) is 7.52. The molecule has 1 heterocycles. The Labute approximate surface area is 120 Å². The van der Waals surface area contributed by atoms with Gasteiger partial charge < -0.3 is 15.4 Å². The minimum Gasteiger partial charge on any atom is -0.497 e. The van der Waals surface area contributed by atoms with E-state index in [4.69, 9.17) is 10.5 Å². The van der Waals surface area contributed by atoms with Gasteiger partial charge in [-0.15, -0.1) is 12.4 Å². The number of rotatable bonds is 3. The molecule has 0 saturated carbocycles. The van der Waals surface area contributed by atoms with Gasteiger partial charge in [-0.3, -0.25) is 4.79 Å². The van der Waals surface area contributed by atoms with Crippen LogP contribution in [0.2, 0.25) is 0 Å². The Kier molecular flexibility index (Phi) is 5.63. The van der Waals surface area contributed by atoms with Crippen LogP contribution in [0, 0.1) is 5.92 Å². The van der Waals surface area contributed by atoms with Gasteiger partial charge in [0.2, 0.25) is 0 Å². The summed E-state index contributed by atoms with van der Waals surface area (Å²) in [5.41, 5.74) is 6.39. The van der Waals surface area contributed by atoms with Crippen LogP contribution in [0.3, 0.4) is 0 Å². The van der Waals surface area contributed by atoms with Gasteiger partial charge in [-0.2, -0.15) is 0 Å². The van der Waals surface area contributed by atoms with E-state index in [0.717, 1.165) is 18.7 Å². The average molecular weight is 285 g/mol. The zero-order valence-corrected chi connectivity index (χ0v) is 12.2. The number of likely N-dealkylation sites (tertiary alicyclic amines) is 1. The van der Waals surface area contributed by atoms with Gasteiger partial charge in [-0.25, -0.2) is 0 Å². The van der Waals surface area contributed by atoms with E-state index < -0.39 is 0 Å². The minimum atomic E-state index is 0. The van der Waals surface area contributed by atoms with Crippen LogP contribution in [-0.4, -0.2) is 37.0 Å². The van der Waals surface area contributed by atoms with Crippen LogP contribution >= 0.6 is 12.4 Å². The highest BCUT2D eigenvalue weighted by Crippen LogP contribution is 2.24. The van der Waals surface area contributed by atoms with Crippen LogP contribution in [0.5, 0.6) is 5.75 Å². The molecule has 0 bridgehead atoms. The van der Waals surface area contributed by atoms with Gasteiger partial charge in [0.05, 0.1) is 7.11 Å². The molecule has 1 aromatic carbocycles. The Morgan fingerprint density at radius 2 is 2.05 bits per heavy atom. The number of carbonyl (C=O) groups excluding carboxylic acids is 1. The van der Waals surface area contributed by atoms with Crippen LogP contribution in [0.25, 0.3) is 0 Å². The Bertz CT molecular complexity index is 422. The second kappa shape index (κ2) is 6.78. The average Bonchev–Trinajstić information content (AvgIpc) is 2.79. The second-order valence-electron chi connectivity index (χ2n) is 4.87. The first-order valence-electron chi connectivity index (χ1n) is 6.30. The standard InChI is InChI=1S/C14H20N2O2.ClH/c1-10-7-11(8-15)9-16(10)14(17)12-3-5-13(18-2)6-4-12;/h3-6,10-11H,7-9,15H2,1-2H3;1H. The summed E-state index contributed by atoms with van der Waals surface area (Å²) in [6.07, 6.45) is 0.998. The van der Waals surface area contributed by atoms with Gasteiger partial charge in [0.1, 0.15) is 5.75 Å². The van der Waals surface area contributed by atoms with Crippen molar-refractivity contribution in [3.05, 3.63) is 29.8 Å². The predicted molar refractivity (Wildman–Crippen MR) is 77.9 cm³/mol. The lowest BCUT2D eigenvalue weighted by Gasteiger charge is -2.21. The lowest BCUT2D eigenvalue weighted by atomic mass is 10.1. The first-order valence-corrected chi connectivity index (χ1v) is 6.30. The molecule has 2 atom stereocenters. The van der Waals surface area contributed by atoms with Gasteiger partial charge in [-0.1, -0.05) is 0 Å². The molecule has 1 aliphatic heterocycles. The van der Waals surface area contributed by atoms with E-state index in [1.54, 1.807) is 7.11 Å². The van der Waals surface area contributed by atoms with Crippen LogP contribution in [0.15, 0.2) is 24.3 Å². The zero-order chi connectivity index (χ0) is 13.1. The number of halogens is 1. The van der Waals surface area contributed by atoms with E-state index >= 15 is 0 Å². The van der Waals surface area contributed by atoms with Crippen LogP contribution in [-0.2, 0) is 0 Å². The van der Waals surface area contributed by atoms with Gasteiger partial charge in [0.25, 0.3) is 5.91 Å². The number of methoxy groups -OCH3 is 1. The molecule has 2 rings (SSSR count). The molecule has 5 heteroatoms. The Morgan fingerprint density at radius 3 is 2.53 bits per heavy atom. The third kappa shape index (κ3) is 3.39. The van der Waals surface area contributed by atoms with Gasteiger partial charge in [0, 0.05) is 18.2 Å². The number of nitrogens with two attached hydrogens (primary N) is 1. The molecule has 0 aliphatic carbocycles. The molecule has 0 spiro atoms. The van der Waals surface area contributed by atoms with Crippen LogP contribution in [0.1, 0.15) is 23.7 Å². The van der Waals surface area contributed by atoms with E-state index in [-0.39, 0.29) is 24.4 Å². The highest BCUT2D eigenvalue weighted by atomic mass is 35.5. The molecule has 19 heavy (non-hydrogen) atoms. The number of amides is 1. The molecule has 2 N–H and O–H groups in total. The summed E-state index contributed by atoms with van der Waals surface area (Å²) >= 11 is 0. The fourth-order valence-corrected chi connectivity index (χ4v) is 2.50. The van der Waals surface area contributed by atoms with Crippen LogP contribution in [0.4, 0.5) is 0 Å². The molecule has 4 nitrogen and oxygen atoms in total. The number of ether oxygens (including phenoxy) is 1. The summed E-state index contributed by atoms with van der Waals surface area (Å²) < 4.78 is 5.09. The molecule has 1 aliphatic rings. The number of hydrogen-bond acceptors (Lipinski definition) is 3. The van der Waals surface area contributed by atoms with E-state index in [9.17, 15) is 4.79 Å². The van der Waals surface area contributed by atoms with E-state index in [1.165, 1.54) is 0 Å². The molecule has 2 unspecified atom stereocenters. The first-order chi connectivity index (χ1) is 8.65. The molecule has 1 fully saturated rings. The summed E-state index contributed by atoms with van der Waals surface area (Å²) in [7, 11) is 1.62.